The van der Waals surface area contributed by atoms with Gasteiger partial charge in [-0.3, -0.25) is 4.79 Å². The maximum absolute atomic E-state index is 12.3. The van der Waals surface area contributed by atoms with Crippen molar-refractivity contribution in [3.8, 4) is 5.75 Å². The summed E-state index contributed by atoms with van der Waals surface area (Å²) in [5, 5.41) is 4.35. The first-order chi connectivity index (χ1) is 13.4. The van der Waals surface area contributed by atoms with E-state index >= 15 is 0 Å². The van der Waals surface area contributed by atoms with Gasteiger partial charge >= 0.3 is 5.97 Å². The molecule has 8 heteroatoms. The average molecular weight is 444 g/mol. The number of nitrogens with one attached hydrogen (secondary N) is 1. The first kappa shape index (κ1) is 22.5. The second kappa shape index (κ2) is 10.7. The largest absolute Gasteiger partial charge is 0.492 e. The molecule has 0 fully saturated rings. The van der Waals surface area contributed by atoms with Gasteiger partial charge in [0.2, 0.25) is 5.91 Å². The van der Waals surface area contributed by atoms with Crippen LogP contribution < -0.4 is 10.1 Å². The Labute approximate surface area is 178 Å². The van der Waals surface area contributed by atoms with Crippen LogP contribution in [0.5, 0.6) is 5.75 Å². The molecular weight excluding hydrogens is 421 g/mol. The monoisotopic (exact) mass is 443 g/mol. The summed E-state index contributed by atoms with van der Waals surface area (Å²) in [6.07, 6.45) is 1.46. The van der Waals surface area contributed by atoms with Gasteiger partial charge in [0, 0.05) is 16.3 Å². The van der Waals surface area contributed by atoms with Crippen molar-refractivity contribution in [3.05, 3.63) is 44.2 Å². The highest BCUT2D eigenvalue weighted by Gasteiger charge is 2.23. The number of aryl methyl sites for hydroxylation is 1. The Kier molecular flexibility index (Phi) is 8.60. The minimum Gasteiger partial charge on any atom is -0.492 e. The number of halogens is 2. The van der Waals surface area contributed by atoms with Gasteiger partial charge in [-0.1, -0.05) is 30.1 Å². The predicted molar refractivity (Wildman–Crippen MR) is 114 cm³/mol. The molecule has 0 spiro atoms. The van der Waals surface area contributed by atoms with Crippen LogP contribution >= 0.6 is 34.5 Å². The van der Waals surface area contributed by atoms with Gasteiger partial charge in [-0.15, -0.1) is 11.3 Å². The van der Waals surface area contributed by atoms with E-state index in [0.29, 0.717) is 45.8 Å². The van der Waals surface area contributed by atoms with Crippen LogP contribution in [0.25, 0.3) is 0 Å². The Morgan fingerprint density at radius 2 is 1.96 bits per heavy atom. The topological polar surface area (TPSA) is 64.6 Å². The number of thiophene rings is 1. The van der Waals surface area contributed by atoms with E-state index in [-0.39, 0.29) is 18.9 Å². The summed E-state index contributed by atoms with van der Waals surface area (Å²) in [6, 6.07) is 4.99. The highest BCUT2D eigenvalue weighted by molar-refractivity contribution is 7.16. The summed E-state index contributed by atoms with van der Waals surface area (Å²) in [5.74, 6) is -0.0579. The number of amides is 1. The third-order valence-corrected chi connectivity index (χ3v) is 5.59. The van der Waals surface area contributed by atoms with E-state index in [1.165, 1.54) is 11.3 Å². The second-order valence-electron chi connectivity index (χ2n) is 5.99. The third kappa shape index (κ3) is 5.87. The Morgan fingerprint density at radius 3 is 2.61 bits per heavy atom. The van der Waals surface area contributed by atoms with E-state index in [9.17, 15) is 9.59 Å². The summed E-state index contributed by atoms with van der Waals surface area (Å²) >= 11 is 13.3. The second-order valence-corrected chi connectivity index (χ2v) is 8.06. The number of hydrogen-bond donors (Lipinski definition) is 1. The van der Waals surface area contributed by atoms with Crippen molar-refractivity contribution in [1.82, 2.24) is 0 Å². The molecule has 0 aliphatic rings. The molecule has 1 heterocycles. The van der Waals surface area contributed by atoms with Crippen LogP contribution in [0.3, 0.4) is 0 Å². The first-order valence-electron chi connectivity index (χ1n) is 9.04. The lowest BCUT2D eigenvalue weighted by Gasteiger charge is -2.09. The molecule has 0 saturated heterocycles. The molecule has 28 heavy (non-hydrogen) atoms. The molecular formula is C20H23Cl2NO4S. The number of anilines is 1. The van der Waals surface area contributed by atoms with Crippen LogP contribution in [-0.2, 0) is 16.0 Å². The van der Waals surface area contributed by atoms with Crippen molar-refractivity contribution in [1.29, 1.82) is 0 Å². The number of carbonyl (C=O) groups excluding carboxylic acids is 2. The Morgan fingerprint density at radius 1 is 1.21 bits per heavy atom. The fraction of sp³-hybridized carbons (Fsp3) is 0.400. The summed E-state index contributed by atoms with van der Waals surface area (Å²) < 4.78 is 10.7. The fourth-order valence-electron chi connectivity index (χ4n) is 2.71. The van der Waals surface area contributed by atoms with Gasteiger partial charge < -0.3 is 14.8 Å². The summed E-state index contributed by atoms with van der Waals surface area (Å²) in [5.41, 5.74) is 1.38. The van der Waals surface area contributed by atoms with Crippen LogP contribution in [0.2, 0.25) is 10.0 Å². The molecule has 0 saturated carbocycles. The number of rotatable bonds is 9. The lowest BCUT2D eigenvalue weighted by Crippen LogP contribution is -2.15. The van der Waals surface area contributed by atoms with Gasteiger partial charge in [-0.05, 0) is 50.5 Å². The zero-order valence-electron chi connectivity index (χ0n) is 16.1. The highest BCUT2D eigenvalue weighted by Crippen LogP contribution is 2.34. The zero-order valence-corrected chi connectivity index (χ0v) is 18.4. The third-order valence-electron chi connectivity index (χ3n) is 3.99. The first-order valence-corrected chi connectivity index (χ1v) is 10.6. The van der Waals surface area contributed by atoms with Gasteiger partial charge in [0.1, 0.15) is 10.8 Å². The molecule has 1 aromatic carbocycles. The molecule has 2 aromatic rings. The molecule has 1 amide bonds. The Bertz CT molecular complexity index is 851. The molecule has 0 unspecified atom stereocenters. The summed E-state index contributed by atoms with van der Waals surface area (Å²) in [7, 11) is 0. The molecule has 0 radical (unpaired) electrons. The minimum absolute atomic E-state index is 0.180. The molecule has 0 atom stereocenters. The normalized spacial score (nSPS) is 10.6. The zero-order chi connectivity index (χ0) is 20.7. The molecule has 2 rings (SSSR count). The average Bonchev–Trinajstić information content (AvgIpc) is 2.95. The fourth-order valence-corrected chi connectivity index (χ4v) is 4.32. The van der Waals surface area contributed by atoms with Crippen molar-refractivity contribution >= 4 is 51.4 Å². The SMILES string of the molecule is CCOC(=O)c1c(NC(=O)CCCOc2ccc(Cl)cc2Cl)sc(C)c1CC. The summed E-state index contributed by atoms with van der Waals surface area (Å²) in [4.78, 5) is 25.6. The van der Waals surface area contributed by atoms with E-state index in [4.69, 9.17) is 32.7 Å². The van der Waals surface area contributed by atoms with Crippen molar-refractivity contribution in [2.75, 3.05) is 18.5 Å². The number of carbonyl (C=O) groups is 2. The van der Waals surface area contributed by atoms with E-state index in [1.807, 2.05) is 13.8 Å². The molecule has 0 aliphatic heterocycles. The van der Waals surface area contributed by atoms with Crippen LogP contribution in [-0.4, -0.2) is 25.1 Å². The highest BCUT2D eigenvalue weighted by atomic mass is 35.5. The molecule has 0 aliphatic carbocycles. The van der Waals surface area contributed by atoms with Crippen molar-refractivity contribution in [2.24, 2.45) is 0 Å². The van der Waals surface area contributed by atoms with Gasteiger partial charge in [-0.2, -0.15) is 0 Å². The molecule has 1 N–H and O–H groups in total. The Hall–Kier alpha value is -1.76. The lowest BCUT2D eigenvalue weighted by atomic mass is 10.1. The summed E-state index contributed by atoms with van der Waals surface area (Å²) in [6.45, 7) is 6.29. The van der Waals surface area contributed by atoms with Crippen molar-refractivity contribution in [3.63, 3.8) is 0 Å². The Balaban J connectivity index is 1.93. The number of ether oxygens (including phenoxy) is 2. The quantitative estimate of drug-likeness (QED) is 0.386. The van der Waals surface area contributed by atoms with Crippen LogP contribution in [0.1, 0.15) is 47.5 Å². The van der Waals surface area contributed by atoms with Crippen molar-refractivity contribution in [2.45, 2.75) is 40.0 Å². The lowest BCUT2D eigenvalue weighted by molar-refractivity contribution is -0.116. The predicted octanol–water partition coefficient (Wildman–Crippen LogP) is 5.90. The molecule has 1 aromatic heterocycles. The van der Waals surface area contributed by atoms with Crippen LogP contribution in [0.4, 0.5) is 5.00 Å². The minimum atomic E-state index is -0.403. The van der Waals surface area contributed by atoms with Gasteiger partial charge in [0.25, 0.3) is 0 Å². The standard InChI is InChI=1S/C20H23Cl2NO4S/c1-4-14-12(3)28-19(18(14)20(25)26-5-2)23-17(24)7-6-10-27-16-9-8-13(21)11-15(16)22/h8-9,11H,4-7,10H2,1-3H3,(H,23,24). The van der Waals surface area contributed by atoms with E-state index in [1.54, 1.807) is 25.1 Å². The molecule has 152 valence electrons. The number of hydrogen-bond acceptors (Lipinski definition) is 5. The maximum Gasteiger partial charge on any atom is 0.341 e. The maximum atomic E-state index is 12.3. The van der Waals surface area contributed by atoms with E-state index in [2.05, 4.69) is 5.32 Å². The van der Waals surface area contributed by atoms with Gasteiger partial charge in [0.05, 0.1) is 23.8 Å². The van der Waals surface area contributed by atoms with E-state index < -0.39 is 5.97 Å². The molecule has 0 bridgehead atoms. The van der Waals surface area contributed by atoms with Gasteiger partial charge in [0.15, 0.2) is 0 Å². The smallest absolute Gasteiger partial charge is 0.341 e. The van der Waals surface area contributed by atoms with Crippen molar-refractivity contribution < 1.29 is 19.1 Å². The van der Waals surface area contributed by atoms with Crippen LogP contribution in [0.15, 0.2) is 18.2 Å². The molecule has 5 nitrogen and oxygen atoms in total. The van der Waals surface area contributed by atoms with E-state index in [0.717, 1.165) is 10.4 Å². The number of esters is 1. The van der Waals surface area contributed by atoms with Gasteiger partial charge in [-0.25, -0.2) is 4.79 Å². The van der Waals surface area contributed by atoms with Crippen LogP contribution in [0, 0.1) is 6.92 Å². The number of benzene rings is 1.